The van der Waals surface area contributed by atoms with Gasteiger partial charge in [-0.2, -0.15) is 0 Å². The number of fused-ring (bicyclic) bond motifs is 1. The van der Waals surface area contributed by atoms with Gasteiger partial charge in [-0.3, -0.25) is 4.79 Å². The number of ether oxygens (including phenoxy) is 5. The van der Waals surface area contributed by atoms with Crippen LogP contribution >= 0.6 is 0 Å². The first-order chi connectivity index (χ1) is 19.5. The third-order valence-corrected chi connectivity index (χ3v) is 10.0. The maximum Gasteiger partial charge on any atom is 0.338 e. The molecule has 2 aliphatic carbocycles. The number of epoxide rings is 1. The molecule has 2 saturated heterocycles. The minimum atomic E-state index is -0.991. The lowest BCUT2D eigenvalue weighted by Gasteiger charge is -2.61. The fourth-order valence-electron chi connectivity index (χ4n) is 7.82. The monoisotopic (exact) mass is 562 g/mol. The molecule has 2 heterocycles. The predicted molar refractivity (Wildman–Crippen MR) is 148 cm³/mol. The van der Waals surface area contributed by atoms with Gasteiger partial charge in [0.15, 0.2) is 12.2 Å². The van der Waals surface area contributed by atoms with Crippen molar-refractivity contribution in [3.05, 3.63) is 71.8 Å². The van der Waals surface area contributed by atoms with Gasteiger partial charge >= 0.3 is 17.9 Å². The third-order valence-electron chi connectivity index (χ3n) is 10.0. The fraction of sp³-hybridized carbons (Fsp3) is 0.545. The largest absolute Gasteiger partial charge is 0.460 e. The third kappa shape index (κ3) is 4.56. The van der Waals surface area contributed by atoms with Gasteiger partial charge in [-0.15, -0.1) is 0 Å². The maximum atomic E-state index is 13.5. The molecule has 2 aromatic carbocycles. The van der Waals surface area contributed by atoms with E-state index in [0.29, 0.717) is 18.4 Å². The first-order valence-electron chi connectivity index (χ1n) is 14.5. The Labute approximate surface area is 240 Å². The van der Waals surface area contributed by atoms with Crippen LogP contribution in [-0.2, 0) is 33.3 Å². The zero-order valence-corrected chi connectivity index (χ0v) is 24.2. The van der Waals surface area contributed by atoms with Crippen LogP contribution in [0.15, 0.2) is 60.7 Å². The Morgan fingerprint density at radius 3 is 2.20 bits per heavy atom. The van der Waals surface area contributed by atoms with Gasteiger partial charge in [0.2, 0.25) is 0 Å². The van der Waals surface area contributed by atoms with Crippen LogP contribution in [0.4, 0.5) is 0 Å². The lowest BCUT2D eigenvalue weighted by Crippen LogP contribution is -2.71. The lowest BCUT2D eigenvalue weighted by atomic mass is 9.49. The summed E-state index contributed by atoms with van der Waals surface area (Å²) < 4.78 is 31.2. The van der Waals surface area contributed by atoms with Gasteiger partial charge in [-0.25, -0.2) is 9.59 Å². The van der Waals surface area contributed by atoms with Crippen molar-refractivity contribution in [2.24, 2.45) is 17.3 Å². The Kier molecular flexibility index (Phi) is 6.77. The molecule has 218 valence electrons. The van der Waals surface area contributed by atoms with Crippen LogP contribution in [-0.4, -0.2) is 53.5 Å². The van der Waals surface area contributed by atoms with Gasteiger partial charge < -0.3 is 23.7 Å². The molecule has 9 unspecified atom stereocenters. The van der Waals surface area contributed by atoms with Gasteiger partial charge in [0, 0.05) is 6.92 Å². The van der Waals surface area contributed by atoms with Crippen LogP contribution in [0.1, 0.15) is 75.9 Å². The van der Waals surface area contributed by atoms with Crippen molar-refractivity contribution in [2.45, 2.75) is 95.6 Å². The molecule has 8 heteroatoms. The zero-order valence-electron chi connectivity index (χ0n) is 24.2. The van der Waals surface area contributed by atoms with Gasteiger partial charge in [0.25, 0.3) is 0 Å². The molecule has 0 amide bonds. The maximum absolute atomic E-state index is 13.5. The Bertz CT molecular complexity index is 1330. The first-order valence-corrected chi connectivity index (χ1v) is 14.5. The van der Waals surface area contributed by atoms with Crippen molar-refractivity contribution in [2.75, 3.05) is 0 Å². The van der Waals surface area contributed by atoms with E-state index in [2.05, 4.69) is 20.8 Å². The summed E-state index contributed by atoms with van der Waals surface area (Å²) in [6.07, 6.45) is -1.65. The normalized spacial score (nSPS) is 38.3. The molecule has 41 heavy (non-hydrogen) atoms. The van der Waals surface area contributed by atoms with E-state index in [1.807, 2.05) is 43.3 Å². The van der Waals surface area contributed by atoms with E-state index < -0.39 is 58.9 Å². The zero-order chi connectivity index (χ0) is 29.2. The number of rotatable bonds is 6. The number of benzene rings is 2. The molecule has 2 aliphatic heterocycles. The molecule has 4 fully saturated rings. The van der Waals surface area contributed by atoms with Crippen LogP contribution in [0.2, 0.25) is 0 Å². The quantitative estimate of drug-likeness (QED) is 0.269. The Morgan fingerprint density at radius 2 is 1.54 bits per heavy atom. The summed E-state index contributed by atoms with van der Waals surface area (Å²) in [5.74, 6) is -1.39. The smallest absolute Gasteiger partial charge is 0.338 e. The summed E-state index contributed by atoms with van der Waals surface area (Å²) >= 11 is 0. The number of esters is 3. The fourth-order valence-corrected chi connectivity index (χ4v) is 7.82. The second-order valence-corrected chi connectivity index (χ2v) is 12.8. The summed E-state index contributed by atoms with van der Waals surface area (Å²) in [6.45, 7) is 9.54. The number of carbonyl (C=O) groups is 3. The van der Waals surface area contributed by atoms with Gasteiger partial charge in [-0.05, 0) is 69.6 Å². The molecule has 9 atom stereocenters. The van der Waals surface area contributed by atoms with Crippen molar-refractivity contribution in [1.29, 1.82) is 0 Å². The van der Waals surface area contributed by atoms with E-state index in [1.165, 1.54) is 6.92 Å². The second kappa shape index (κ2) is 9.95. The lowest BCUT2D eigenvalue weighted by molar-refractivity contribution is -0.282. The Morgan fingerprint density at radius 1 is 0.878 bits per heavy atom. The minimum absolute atomic E-state index is 0.0760. The van der Waals surface area contributed by atoms with E-state index in [1.54, 1.807) is 24.3 Å². The molecule has 0 aromatic heterocycles. The van der Waals surface area contributed by atoms with Crippen molar-refractivity contribution in [3.8, 4) is 0 Å². The highest BCUT2D eigenvalue weighted by molar-refractivity contribution is 5.89. The summed E-state index contributed by atoms with van der Waals surface area (Å²) in [6, 6.07) is 18.3. The summed E-state index contributed by atoms with van der Waals surface area (Å²) in [4.78, 5) is 39.3. The molecular weight excluding hydrogens is 524 g/mol. The number of carbonyl (C=O) groups excluding carboxylic acids is 3. The van der Waals surface area contributed by atoms with Crippen LogP contribution in [0.3, 0.4) is 0 Å². The average Bonchev–Trinajstić information content (AvgIpc) is 3.70. The highest BCUT2D eigenvalue weighted by Gasteiger charge is 2.75. The summed E-state index contributed by atoms with van der Waals surface area (Å²) in [5, 5.41) is 0. The van der Waals surface area contributed by atoms with E-state index in [9.17, 15) is 14.4 Å². The molecule has 1 spiro atoms. The standard InChI is InChI=1S/C33H38O8/c1-19-16-24(38-29(35)22-14-10-7-11-15-22)28(37-20(2)34)32(5)25(17-23-18-33(19,32)41-31(23,3)4)39-30(36)27-26(40-27)21-12-8-6-9-13-21/h6-15,19,23-28H,16-18H2,1-5H3. The molecule has 8 nitrogen and oxygen atoms in total. The molecule has 4 aliphatic rings. The highest BCUT2D eigenvalue weighted by atomic mass is 16.6. The van der Waals surface area contributed by atoms with Gasteiger partial charge in [0.1, 0.15) is 18.3 Å². The summed E-state index contributed by atoms with van der Waals surface area (Å²) in [7, 11) is 0. The molecule has 2 aromatic rings. The predicted octanol–water partition coefficient (Wildman–Crippen LogP) is 5.20. The minimum Gasteiger partial charge on any atom is -0.460 e. The van der Waals surface area contributed by atoms with Crippen LogP contribution < -0.4 is 0 Å². The van der Waals surface area contributed by atoms with Crippen molar-refractivity contribution in [1.82, 2.24) is 0 Å². The van der Waals surface area contributed by atoms with Crippen molar-refractivity contribution in [3.63, 3.8) is 0 Å². The number of hydrogen-bond acceptors (Lipinski definition) is 8. The molecule has 2 saturated carbocycles. The van der Waals surface area contributed by atoms with E-state index in [0.717, 1.165) is 12.0 Å². The number of hydrogen-bond donors (Lipinski definition) is 0. The van der Waals surface area contributed by atoms with Crippen LogP contribution in [0, 0.1) is 17.3 Å². The van der Waals surface area contributed by atoms with Crippen molar-refractivity contribution < 1.29 is 38.1 Å². The van der Waals surface area contributed by atoms with E-state index in [-0.39, 0.29) is 17.9 Å². The SMILES string of the molecule is CC(=O)OC1C(OC(=O)c2ccccc2)CC(C)C23CC(CC(OC(=O)C4OC4c4ccccc4)C12C)C(C)(C)O3. The summed E-state index contributed by atoms with van der Waals surface area (Å²) in [5.41, 5.74) is -0.899. The van der Waals surface area contributed by atoms with Gasteiger partial charge in [0.05, 0.1) is 22.2 Å². The van der Waals surface area contributed by atoms with Crippen molar-refractivity contribution >= 4 is 17.9 Å². The Hall–Kier alpha value is -3.23. The first kappa shape index (κ1) is 27.9. The average molecular weight is 563 g/mol. The van der Waals surface area contributed by atoms with E-state index >= 15 is 0 Å². The Balaban J connectivity index is 1.34. The van der Waals surface area contributed by atoms with Crippen LogP contribution in [0.25, 0.3) is 0 Å². The van der Waals surface area contributed by atoms with Crippen LogP contribution in [0.5, 0.6) is 0 Å². The molecule has 0 radical (unpaired) electrons. The molecule has 2 bridgehead atoms. The highest BCUT2D eigenvalue weighted by Crippen LogP contribution is 2.67. The van der Waals surface area contributed by atoms with E-state index in [4.69, 9.17) is 23.7 Å². The molecule has 6 rings (SSSR count). The molecule has 0 N–H and O–H groups in total. The topological polar surface area (TPSA) is 101 Å². The molecular formula is C33H38O8. The second-order valence-electron chi connectivity index (χ2n) is 12.8. The van der Waals surface area contributed by atoms with Gasteiger partial charge in [-0.1, -0.05) is 55.5 Å².